The van der Waals surface area contributed by atoms with Crippen LogP contribution >= 0.6 is 14.3 Å². The Morgan fingerprint density at radius 3 is 2.29 bits per heavy atom. The standard InChI is InChI=1S/C5H15NO6P2/c1-13(8,9)14(10,11)12-4-2-3-5(6)7/h5,7H,2-4,6H2,1H3,(H,8,9)(H,10,11). The summed E-state index contributed by atoms with van der Waals surface area (Å²) in [7, 11) is -8.59. The quantitative estimate of drug-likeness (QED) is 0.296. The van der Waals surface area contributed by atoms with Gasteiger partial charge in [0.1, 0.15) is 6.23 Å². The monoisotopic (exact) mass is 247 g/mol. The van der Waals surface area contributed by atoms with Crippen molar-refractivity contribution in [3.63, 3.8) is 0 Å². The van der Waals surface area contributed by atoms with E-state index in [1.165, 1.54) is 0 Å². The van der Waals surface area contributed by atoms with Gasteiger partial charge in [-0.2, -0.15) is 0 Å². The first-order valence-electron chi connectivity index (χ1n) is 3.88. The molecule has 0 radical (unpaired) electrons. The lowest BCUT2D eigenvalue weighted by molar-refractivity contribution is 0.157. The molecule has 0 aromatic rings. The van der Waals surface area contributed by atoms with Gasteiger partial charge in [-0.15, -0.1) is 0 Å². The molecule has 0 fully saturated rings. The zero-order valence-corrected chi connectivity index (χ0v) is 9.53. The summed E-state index contributed by atoms with van der Waals surface area (Å²) in [4.78, 5) is 17.7. The maximum Gasteiger partial charge on any atom is 0.409 e. The van der Waals surface area contributed by atoms with Crippen LogP contribution in [0.25, 0.3) is 0 Å². The van der Waals surface area contributed by atoms with Crippen LogP contribution < -0.4 is 5.73 Å². The van der Waals surface area contributed by atoms with Crippen LogP contribution in [0.4, 0.5) is 0 Å². The summed E-state index contributed by atoms with van der Waals surface area (Å²) in [6, 6.07) is 0. The summed E-state index contributed by atoms with van der Waals surface area (Å²) >= 11 is 0. The van der Waals surface area contributed by atoms with Gasteiger partial charge in [0, 0.05) is 6.66 Å². The minimum atomic E-state index is -4.45. The van der Waals surface area contributed by atoms with Crippen molar-refractivity contribution in [1.29, 1.82) is 0 Å². The SMILES string of the molecule is CP(=O)(O)P(=O)(O)OCCCC(N)O. The molecule has 0 spiro atoms. The first-order chi connectivity index (χ1) is 6.17. The molecule has 0 aliphatic carbocycles. The van der Waals surface area contributed by atoms with Crippen molar-refractivity contribution < 1.29 is 28.5 Å². The van der Waals surface area contributed by atoms with Crippen LogP contribution in [0.5, 0.6) is 0 Å². The fraction of sp³-hybridized carbons (Fsp3) is 1.00. The zero-order chi connectivity index (χ0) is 11.4. The molecule has 0 saturated heterocycles. The molecular formula is C5H15NO6P2. The molecule has 0 aromatic heterocycles. The van der Waals surface area contributed by atoms with Gasteiger partial charge in [-0.1, -0.05) is 0 Å². The highest BCUT2D eigenvalue weighted by atomic mass is 32.1. The van der Waals surface area contributed by atoms with Gasteiger partial charge < -0.3 is 25.2 Å². The predicted octanol–water partition coefficient (Wildman–Crippen LogP) is 0.0609. The maximum atomic E-state index is 11.0. The molecule has 0 saturated carbocycles. The third kappa shape index (κ3) is 5.22. The Labute approximate surface area is 81.8 Å². The van der Waals surface area contributed by atoms with Crippen molar-refractivity contribution in [2.24, 2.45) is 5.73 Å². The smallest absolute Gasteiger partial charge is 0.379 e. The van der Waals surface area contributed by atoms with Gasteiger partial charge in [0.05, 0.1) is 6.61 Å². The third-order valence-corrected chi connectivity index (χ3v) is 5.99. The molecule has 5 N–H and O–H groups in total. The molecule has 0 aromatic carbocycles. The van der Waals surface area contributed by atoms with Gasteiger partial charge in [0.15, 0.2) is 0 Å². The normalized spacial score (nSPS) is 22.4. The van der Waals surface area contributed by atoms with Crippen LogP contribution in [-0.4, -0.2) is 34.4 Å². The molecule has 0 aliphatic heterocycles. The van der Waals surface area contributed by atoms with E-state index < -0.39 is 20.6 Å². The van der Waals surface area contributed by atoms with Gasteiger partial charge >= 0.3 is 14.3 Å². The van der Waals surface area contributed by atoms with E-state index in [1.54, 1.807) is 0 Å². The predicted molar refractivity (Wildman–Crippen MR) is 51.0 cm³/mol. The van der Waals surface area contributed by atoms with E-state index in [2.05, 4.69) is 4.52 Å². The van der Waals surface area contributed by atoms with Crippen molar-refractivity contribution in [1.82, 2.24) is 0 Å². The second-order valence-electron chi connectivity index (χ2n) is 2.87. The Balaban J connectivity index is 3.91. The zero-order valence-electron chi connectivity index (χ0n) is 7.74. The van der Waals surface area contributed by atoms with Crippen LogP contribution in [0, 0.1) is 0 Å². The first kappa shape index (κ1) is 14.3. The summed E-state index contributed by atoms with van der Waals surface area (Å²) in [5, 5.41) is 8.63. The van der Waals surface area contributed by atoms with Gasteiger partial charge in [0.25, 0.3) is 0 Å². The minimum Gasteiger partial charge on any atom is -0.379 e. The summed E-state index contributed by atoms with van der Waals surface area (Å²) in [5.74, 6) is 0. The van der Waals surface area contributed by atoms with Crippen LogP contribution in [0.1, 0.15) is 12.8 Å². The topological polar surface area (TPSA) is 130 Å². The Kier molecular flexibility index (Phi) is 5.47. The summed E-state index contributed by atoms with van der Waals surface area (Å²) in [6.07, 6.45) is -0.582. The lowest BCUT2D eigenvalue weighted by Gasteiger charge is -2.14. The number of aliphatic hydroxyl groups is 1. The van der Waals surface area contributed by atoms with Gasteiger partial charge in [-0.25, -0.2) is 4.57 Å². The second-order valence-corrected chi connectivity index (χ2v) is 9.52. The summed E-state index contributed by atoms with van der Waals surface area (Å²) in [6.45, 7) is 0.561. The first-order valence-corrected chi connectivity index (χ1v) is 8.27. The van der Waals surface area contributed by atoms with Crippen molar-refractivity contribution in [3.05, 3.63) is 0 Å². The van der Waals surface area contributed by atoms with Gasteiger partial charge in [-0.05, 0) is 12.8 Å². The molecule has 7 nitrogen and oxygen atoms in total. The average molecular weight is 247 g/mol. The number of hydrogen-bond acceptors (Lipinski definition) is 5. The highest BCUT2D eigenvalue weighted by molar-refractivity contribution is 8.28. The molecule has 0 rings (SSSR count). The Bertz CT molecular complexity index is 261. The van der Waals surface area contributed by atoms with Gasteiger partial charge in [-0.3, -0.25) is 4.57 Å². The summed E-state index contributed by atoms with van der Waals surface area (Å²) < 4.78 is 26.2. The number of aliphatic hydroxyl groups excluding tert-OH is 1. The molecule has 3 atom stereocenters. The number of rotatable bonds is 6. The molecule has 0 amide bonds. The molecule has 9 heteroatoms. The lowest BCUT2D eigenvalue weighted by Crippen LogP contribution is -2.18. The maximum absolute atomic E-state index is 11.0. The Morgan fingerprint density at radius 1 is 1.43 bits per heavy atom. The number of nitrogens with two attached hydrogens (primary N) is 1. The van der Waals surface area contributed by atoms with Crippen molar-refractivity contribution in [3.8, 4) is 0 Å². The number of hydrogen-bond donors (Lipinski definition) is 4. The largest absolute Gasteiger partial charge is 0.409 e. The molecule has 86 valence electrons. The van der Waals surface area contributed by atoms with E-state index in [-0.39, 0.29) is 19.4 Å². The van der Waals surface area contributed by atoms with Crippen LogP contribution in [0.3, 0.4) is 0 Å². The molecular weight excluding hydrogens is 232 g/mol. The van der Waals surface area contributed by atoms with E-state index in [0.717, 1.165) is 6.66 Å². The van der Waals surface area contributed by atoms with E-state index in [0.29, 0.717) is 0 Å². The highest BCUT2D eigenvalue weighted by Gasteiger charge is 2.38. The highest BCUT2D eigenvalue weighted by Crippen LogP contribution is 2.75. The minimum absolute atomic E-state index is 0.194. The van der Waals surface area contributed by atoms with E-state index >= 15 is 0 Å². The van der Waals surface area contributed by atoms with E-state index in [4.69, 9.17) is 20.6 Å². The van der Waals surface area contributed by atoms with Crippen LogP contribution in [0.2, 0.25) is 0 Å². The van der Waals surface area contributed by atoms with Crippen LogP contribution in [0.15, 0.2) is 0 Å². The van der Waals surface area contributed by atoms with Crippen molar-refractivity contribution in [2.45, 2.75) is 19.1 Å². The Hall–Kier alpha value is 0.260. The molecule has 0 bridgehead atoms. The van der Waals surface area contributed by atoms with Gasteiger partial charge in [0.2, 0.25) is 0 Å². The molecule has 0 aliphatic rings. The average Bonchev–Trinajstić information content (AvgIpc) is 1.95. The fourth-order valence-electron chi connectivity index (χ4n) is 0.583. The van der Waals surface area contributed by atoms with Crippen LogP contribution in [-0.2, 0) is 13.7 Å². The third-order valence-electron chi connectivity index (χ3n) is 1.37. The summed E-state index contributed by atoms with van der Waals surface area (Å²) in [5.41, 5.74) is 4.99. The molecule has 0 heterocycles. The van der Waals surface area contributed by atoms with E-state index in [1.807, 2.05) is 0 Å². The molecule has 14 heavy (non-hydrogen) atoms. The second kappa shape index (κ2) is 5.37. The van der Waals surface area contributed by atoms with Crippen molar-refractivity contribution in [2.75, 3.05) is 13.3 Å². The van der Waals surface area contributed by atoms with Crippen molar-refractivity contribution >= 4 is 14.3 Å². The Morgan fingerprint density at radius 2 is 1.93 bits per heavy atom. The fourth-order valence-corrected chi connectivity index (χ4v) is 2.05. The lowest BCUT2D eigenvalue weighted by atomic mass is 10.3. The molecule has 3 unspecified atom stereocenters. The van der Waals surface area contributed by atoms with E-state index in [9.17, 15) is 9.13 Å².